The molecule has 0 unspecified atom stereocenters. The third-order valence-corrected chi connectivity index (χ3v) is 3.09. The number of aryl methyl sites for hydroxylation is 1. The number of amides is 1. The molecular weight excluding hydrogens is 272 g/mol. The lowest BCUT2D eigenvalue weighted by Gasteiger charge is -2.05. The first kappa shape index (κ1) is 12.9. The molecule has 0 aliphatic rings. The average molecular weight is 284 g/mol. The highest BCUT2D eigenvalue weighted by Crippen LogP contribution is 2.16. The van der Waals surface area contributed by atoms with Crippen LogP contribution in [-0.4, -0.2) is 25.5 Å². The Balaban J connectivity index is 1.97. The Labute approximate surface area is 118 Å². The molecule has 0 aliphatic heterocycles. The number of benzene rings is 1. The number of anilines is 1. The summed E-state index contributed by atoms with van der Waals surface area (Å²) in [6.07, 6.45) is 1.38. The number of carbonyl (C=O) groups is 1. The Morgan fingerprint density at radius 3 is 2.86 bits per heavy atom. The van der Waals surface area contributed by atoms with Crippen molar-refractivity contribution in [3.05, 3.63) is 52.4 Å². The summed E-state index contributed by atoms with van der Waals surface area (Å²) in [7, 11) is 1.50. The van der Waals surface area contributed by atoms with E-state index in [4.69, 9.17) is 0 Å². The number of pyridine rings is 1. The molecule has 0 fully saturated rings. The predicted molar refractivity (Wildman–Crippen MR) is 77.4 cm³/mol. The van der Waals surface area contributed by atoms with Crippen molar-refractivity contribution in [3.8, 4) is 5.75 Å². The van der Waals surface area contributed by atoms with E-state index in [1.807, 2.05) is 18.2 Å². The van der Waals surface area contributed by atoms with Gasteiger partial charge in [-0.05, 0) is 18.2 Å². The third-order valence-electron chi connectivity index (χ3n) is 3.09. The van der Waals surface area contributed by atoms with Crippen LogP contribution in [0.3, 0.4) is 0 Å². The summed E-state index contributed by atoms with van der Waals surface area (Å²) in [6.45, 7) is 0. The van der Waals surface area contributed by atoms with Gasteiger partial charge in [-0.25, -0.2) is 4.98 Å². The standard InChI is InChI=1S/C14H12N4O3/c1-18-7-6-10(19)11(13(18)21)12(20)17-14-15-8-4-2-3-5-9(8)16-14/h2-7,19H,1H3,(H2,15,16,17,20). The highest BCUT2D eigenvalue weighted by atomic mass is 16.3. The normalized spacial score (nSPS) is 10.7. The number of rotatable bonds is 2. The molecular formula is C14H12N4O3. The second kappa shape index (κ2) is 4.78. The number of aromatic amines is 1. The summed E-state index contributed by atoms with van der Waals surface area (Å²) in [5, 5.41) is 12.2. The van der Waals surface area contributed by atoms with Crippen molar-refractivity contribution in [2.75, 3.05) is 5.32 Å². The summed E-state index contributed by atoms with van der Waals surface area (Å²) < 4.78 is 1.22. The molecule has 0 saturated carbocycles. The fourth-order valence-electron chi connectivity index (χ4n) is 2.01. The van der Waals surface area contributed by atoms with Crippen LogP contribution < -0.4 is 10.9 Å². The first-order valence-corrected chi connectivity index (χ1v) is 6.21. The molecule has 7 nitrogen and oxygen atoms in total. The van der Waals surface area contributed by atoms with Crippen LogP contribution >= 0.6 is 0 Å². The van der Waals surface area contributed by atoms with Crippen LogP contribution in [-0.2, 0) is 7.05 Å². The zero-order valence-corrected chi connectivity index (χ0v) is 11.1. The fourth-order valence-corrected chi connectivity index (χ4v) is 2.01. The largest absolute Gasteiger partial charge is 0.507 e. The lowest BCUT2D eigenvalue weighted by atomic mass is 10.2. The first-order chi connectivity index (χ1) is 10.1. The molecule has 21 heavy (non-hydrogen) atoms. The smallest absolute Gasteiger partial charge is 0.267 e. The number of aromatic hydroxyl groups is 1. The van der Waals surface area contributed by atoms with Gasteiger partial charge in [-0.3, -0.25) is 14.9 Å². The molecule has 7 heteroatoms. The van der Waals surface area contributed by atoms with Gasteiger partial charge in [0.2, 0.25) is 5.95 Å². The van der Waals surface area contributed by atoms with Crippen molar-refractivity contribution < 1.29 is 9.90 Å². The van der Waals surface area contributed by atoms with Crippen LogP contribution in [0, 0.1) is 0 Å². The van der Waals surface area contributed by atoms with Crippen molar-refractivity contribution in [2.24, 2.45) is 7.05 Å². The molecule has 0 radical (unpaired) electrons. The van der Waals surface area contributed by atoms with Crippen molar-refractivity contribution in [1.29, 1.82) is 0 Å². The van der Waals surface area contributed by atoms with E-state index in [-0.39, 0.29) is 17.3 Å². The SMILES string of the molecule is Cn1ccc(O)c(C(=O)Nc2nc3ccccc3[nH]2)c1=O. The van der Waals surface area contributed by atoms with Gasteiger partial charge in [-0.1, -0.05) is 12.1 Å². The van der Waals surface area contributed by atoms with Crippen LogP contribution in [0.4, 0.5) is 5.95 Å². The molecule has 0 bridgehead atoms. The number of hydrogen-bond acceptors (Lipinski definition) is 4. The second-order valence-electron chi connectivity index (χ2n) is 4.55. The van der Waals surface area contributed by atoms with Gasteiger partial charge >= 0.3 is 0 Å². The number of H-pyrrole nitrogens is 1. The number of imidazole rings is 1. The topological polar surface area (TPSA) is 100 Å². The summed E-state index contributed by atoms with van der Waals surface area (Å²) in [6, 6.07) is 8.56. The van der Waals surface area contributed by atoms with Gasteiger partial charge in [-0.15, -0.1) is 0 Å². The van der Waals surface area contributed by atoms with Gasteiger partial charge < -0.3 is 14.7 Å². The van der Waals surface area contributed by atoms with E-state index in [9.17, 15) is 14.7 Å². The van der Waals surface area contributed by atoms with Crippen LogP contribution in [0.1, 0.15) is 10.4 Å². The zero-order valence-electron chi connectivity index (χ0n) is 11.1. The summed E-state index contributed by atoms with van der Waals surface area (Å²) in [5.41, 5.74) is 0.556. The highest BCUT2D eigenvalue weighted by molar-refractivity contribution is 6.05. The number of fused-ring (bicyclic) bond motifs is 1. The summed E-state index contributed by atoms with van der Waals surface area (Å²) >= 11 is 0. The minimum Gasteiger partial charge on any atom is -0.507 e. The van der Waals surface area contributed by atoms with Gasteiger partial charge in [0.25, 0.3) is 11.5 Å². The van der Waals surface area contributed by atoms with E-state index in [1.165, 1.54) is 23.9 Å². The molecule has 1 aromatic carbocycles. The van der Waals surface area contributed by atoms with Gasteiger partial charge in [0.05, 0.1) is 11.0 Å². The van der Waals surface area contributed by atoms with Gasteiger partial charge in [0.15, 0.2) is 0 Å². The number of nitrogens with zero attached hydrogens (tertiary/aromatic N) is 2. The highest BCUT2D eigenvalue weighted by Gasteiger charge is 2.18. The number of para-hydroxylation sites is 2. The molecule has 3 rings (SSSR count). The van der Waals surface area contributed by atoms with E-state index in [0.717, 1.165) is 5.52 Å². The molecule has 2 aromatic heterocycles. The molecule has 1 amide bonds. The summed E-state index contributed by atoms with van der Waals surface area (Å²) in [4.78, 5) is 31.1. The molecule has 0 aliphatic carbocycles. The Morgan fingerprint density at radius 1 is 1.33 bits per heavy atom. The van der Waals surface area contributed by atoms with Crippen LogP contribution in [0.15, 0.2) is 41.3 Å². The lowest BCUT2D eigenvalue weighted by molar-refractivity contribution is 0.102. The minimum atomic E-state index is -0.715. The molecule has 0 atom stereocenters. The number of nitrogens with one attached hydrogen (secondary N) is 2. The predicted octanol–water partition coefficient (Wildman–Crippen LogP) is 1.22. The summed E-state index contributed by atoms with van der Waals surface area (Å²) in [5.74, 6) is -0.869. The van der Waals surface area contributed by atoms with E-state index < -0.39 is 11.5 Å². The first-order valence-electron chi connectivity index (χ1n) is 6.21. The Hall–Kier alpha value is -3.09. The van der Waals surface area contributed by atoms with E-state index in [2.05, 4.69) is 15.3 Å². The molecule has 3 N–H and O–H groups in total. The maximum atomic E-state index is 12.1. The van der Waals surface area contributed by atoms with Crippen molar-refractivity contribution in [2.45, 2.75) is 0 Å². The monoisotopic (exact) mass is 284 g/mol. The van der Waals surface area contributed by atoms with Gasteiger partial charge in [0, 0.05) is 13.2 Å². The molecule has 2 heterocycles. The van der Waals surface area contributed by atoms with E-state index >= 15 is 0 Å². The maximum Gasteiger partial charge on any atom is 0.267 e. The van der Waals surface area contributed by atoms with Crippen molar-refractivity contribution in [1.82, 2.24) is 14.5 Å². The van der Waals surface area contributed by atoms with Crippen LogP contribution in [0.2, 0.25) is 0 Å². The maximum absolute atomic E-state index is 12.1. The molecule has 0 saturated heterocycles. The van der Waals surface area contributed by atoms with Crippen LogP contribution in [0.5, 0.6) is 5.75 Å². The molecule has 3 aromatic rings. The van der Waals surface area contributed by atoms with E-state index in [0.29, 0.717) is 5.52 Å². The van der Waals surface area contributed by atoms with Gasteiger partial charge in [-0.2, -0.15) is 0 Å². The Kier molecular flexibility index (Phi) is 2.94. The quantitative estimate of drug-likeness (QED) is 0.658. The zero-order chi connectivity index (χ0) is 15.0. The fraction of sp³-hybridized carbons (Fsp3) is 0.0714. The average Bonchev–Trinajstić information content (AvgIpc) is 2.85. The Bertz CT molecular complexity index is 862. The van der Waals surface area contributed by atoms with Gasteiger partial charge in [0.1, 0.15) is 11.3 Å². The lowest BCUT2D eigenvalue weighted by Crippen LogP contribution is -2.27. The van der Waals surface area contributed by atoms with E-state index in [1.54, 1.807) is 6.07 Å². The van der Waals surface area contributed by atoms with Crippen molar-refractivity contribution in [3.63, 3.8) is 0 Å². The van der Waals surface area contributed by atoms with Crippen molar-refractivity contribution >= 4 is 22.9 Å². The molecule has 106 valence electrons. The number of aromatic nitrogens is 3. The minimum absolute atomic E-state index is 0.214. The Morgan fingerprint density at radius 2 is 2.10 bits per heavy atom. The number of hydrogen-bond donors (Lipinski definition) is 3. The molecule has 0 spiro atoms. The third kappa shape index (κ3) is 2.25. The second-order valence-corrected chi connectivity index (χ2v) is 4.55. The number of carbonyl (C=O) groups excluding carboxylic acids is 1. The van der Waals surface area contributed by atoms with Crippen LogP contribution in [0.25, 0.3) is 11.0 Å².